The number of alkyl halides is 1. The Hall–Kier alpha value is -0.570. The first kappa shape index (κ1) is 14.4. The molecule has 0 aliphatic carbocycles. The summed E-state index contributed by atoms with van der Waals surface area (Å²) in [4.78, 5) is 10.9. The van der Waals surface area contributed by atoms with E-state index in [1.807, 2.05) is 19.9 Å². The summed E-state index contributed by atoms with van der Waals surface area (Å²) in [5, 5.41) is 0. The molecule has 0 aromatic carbocycles. The molecule has 0 amide bonds. The largest absolute Gasteiger partial charge is 0.462 e. The van der Waals surface area contributed by atoms with Crippen molar-refractivity contribution in [3.63, 3.8) is 0 Å². The first-order valence-electron chi connectivity index (χ1n) is 5.02. The van der Waals surface area contributed by atoms with E-state index in [0.29, 0.717) is 11.4 Å². The molecule has 0 aromatic heterocycles. The van der Waals surface area contributed by atoms with Gasteiger partial charge >= 0.3 is 5.97 Å². The molecule has 1 unspecified atom stereocenters. The summed E-state index contributed by atoms with van der Waals surface area (Å²) >= 11 is 3.55. The lowest BCUT2D eigenvalue weighted by atomic mass is 10.1. The fraction of sp³-hybridized carbons (Fsp3) is 0.583. The first-order valence-corrected chi connectivity index (χ1v) is 5.93. The van der Waals surface area contributed by atoms with Crippen LogP contribution in [-0.4, -0.2) is 17.4 Å². The normalized spacial score (nSPS) is 13.5. The second-order valence-electron chi connectivity index (χ2n) is 3.71. The van der Waals surface area contributed by atoms with E-state index in [1.54, 1.807) is 0 Å². The summed E-state index contributed by atoms with van der Waals surface area (Å²) in [7, 11) is 0. The van der Waals surface area contributed by atoms with Crippen LogP contribution in [0.4, 0.5) is 0 Å². The maximum Gasteiger partial charge on any atom is 0.302 e. The summed E-state index contributed by atoms with van der Waals surface area (Å²) < 4.78 is 4.82. The molecule has 0 N–H and O–H groups in total. The Kier molecular flexibility index (Phi) is 7.39. The quantitative estimate of drug-likeness (QED) is 0.420. The standard InChI is InChI=1S/C12H19BrO2/c1-9(2)12(13)6-5-10(3)7-8-15-11(4)14/h7,12H,1,5-6,8H2,2-4H3/b10-7+. The third-order valence-electron chi connectivity index (χ3n) is 2.05. The molecule has 86 valence electrons. The third-order valence-corrected chi connectivity index (χ3v) is 3.28. The lowest BCUT2D eigenvalue weighted by molar-refractivity contribution is -0.139. The molecule has 0 aliphatic rings. The molecule has 2 nitrogen and oxygen atoms in total. The molecule has 0 aliphatic heterocycles. The zero-order valence-corrected chi connectivity index (χ0v) is 11.3. The van der Waals surface area contributed by atoms with E-state index < -0.39 is 0 Å². The van der Waals surface area contributed by atoms with Gasteiger partial charge in [-0.15, -0.1) is 0 Å². The Bertz CT molecular complexity index is 256. The fourth-order valence-electron chi connectivity index (χ4n) is 1.00. The van der Waals surface area contributed by atoms with Crippen LogP contribution in [-0.2, 0) is 9.53 Å². The molecule has 0 bridgehead atoms. The number of hydrogen-bond donors (Lipinski definition) is 0. The van der Waals surface area contributed by atoms with Gasteiger partial charge in [-0.3, -0.25) is 4.79 Å². The summed E-state index contributed by atoms with van der Waals surface area (Å²) in [5.41, 5.74) is 2.38. The van der Waals surface area contributed by atoms with Crippen LogP contribution in [0.1, 0.15) is 33.6 Å². The Balaban J connectivity index is 3.77. The molecule has 0 spiro atoms. The number of ether oxygens (including phenoxy) is 1. The summed E-state index contributed by atoms with van der Waals surface area (Å²) in [6.07, 6.45) is 3.96. The highest BCUT2D eigenvalue weighted by molar-refractivity contribution is 9.09. The number of carbonyl (C=O) groups is 1. The van der Waals surface area contributed by atoms with Crippen molar-refractivity contribution in [2.45, 2.75) is 38.4 Å². The number of esters is 1. The molecule has 0 fully saturated rings. The zero-order valence-electron chi connectivity index (χ0n) is 9.68. The van der Waals surface area contributed by atoms with Crippen LogP contribution in [0.2, 0.25) is 0 Å². The molecular formula is C12H19BrO2. The van der Waals surface area contributed by atoms with Gasteiger partial charge < -0.3 is 4.74 Å². The third kappa shape index (κ3) is 8.43. The minimum atomic E-state index is -0.237. The van der Waals surface area contributed by atoms with E-state index in [2.05, 4.69) is 22.5 Å². The van der Waals surface area contributed by atoms with Gasteiger partial charge in [0.25, 0.3) is 0 Å². The second kappa shape index (κ2) is 7.69. The fourth-order valence-corrected chi connectivity index (χ4v) is 1.23. The van der Waals surface area contributed by atoms with Gasteiger partial charge in [0, 0.05) is 11.8 Å². The maximum absolute atomic E-state index is 10.5. The van der Waals surface area contributed by atoms with Crippen LogP contribution < -0.4 is 0 Å². The van der Waals surface area contributed by atoms with Crippen molar-refractivity contribution < 1.29 is 9.53 Å². The smallest absolute Gasteiger partial charge is 0.302 e. The van der Waals surface area contributed by atoms with E-state index in [0.717, 1.165) is 18.4 Å². The highest BCUT2D eigenvalue weighted by atomic mass is 79.9. The number of hydrogen-bond acceptors (Lipinski definition) is 2. The molecular weight excluding hydrogens is 256 g/mol. The SMILES string of the molecule is C=C(C)C(Br)CC/C(C)=C/COC(C)=O. The van der Waals surface area contributed by atoms with Crippen molar-refractivity contribution in [3.8, 4) is 0 Å². The van der Waals surface area contributed by atoms with Crippen molar-refractivity contribution in [2.75, 3.05) is 6.61 Å². The molecule has 1 atom stereocenters. The second-order valence-corrected chi connectivity index (χ2v) is 4.81. The van der Waals surface area contributed by atoms with E-state index in [-0.39, 0.29) is 5.97 Å². The average molecular weight is 275 g/mol. The molecule has 0 radical (unpaired) electrons. The molecule has 0 aromatic rings. The molecule has 0 rings (SSSR count). The van der Waals surface area contributed by atoms with Gasteiger partial charge in [0.2, 0.25) is 0 Å². The highest BCUT2D eigenvalue weighted by Gasteiger charge is 2.04. The van der Waals surface area contributed by atoms with Crippen LogP contribution in [0.5, 0.6) is 0 Å². The van der Waals surface area contributed by atoms with Crippen molar-refractivity contribution >= 4 is 21.9 Å². The van der Waals surface area contributed by atoms with E-state index in [1.165, 1.54) is 12.5 Å². The van der Waals surface area contributed by atoms with Crippen molar-refractivity contribution in [1.82, 2.24) is 0 Å². The van der Waals surface area contributed by atoms with Gasteiger partial charge in [0.1, 0.15) is 6.61 Å². The minimum absolute atomic E-state index is 0.237. The summed E-state index contributed by atoms with van der Waals surface area (Å²) in [6.45, 7) is 9.73. The predicted molar refractivity (Wildman–Crippen MR) is 67.2 cm³/mol. The first-order chi connectivity index (χ1) is 6.93. The molecule has 3 heteroatoms. The van der Waals surface area contributed by atoms with Crippen molar-refractivity contribution in [2.24, 2.45) is 0 Å². The number of carbonyl (C=O) groups excluding carboxylic acids is 1. The Morgan fingerprint density at radius 2 is 2.07 bits per heavy atom. The average Bonchev–Trinajstić information content (AvgIpc) is 2.13. The molecule has 0 heterocycles. The van der Waals surface area contributed by atoms with Gasteiger partial charge in [0.15, 0.2) is 0 Å². The van der Waals surface area contributed by atoms with Crippen LogP contribution in [0.3, 0.4) is 0 Å². The molecule has 0 saturated carbocycles. The van der Waals surface area contributed by atoms with Gasteiger partial charge in [-0.05, 0) is 32.8 Å². The van der Waals surface area contributed by atoms with E-state index in [4.69, 9.17) is 4.74 Å². The summed E-state index contributed by atoms with van der Waals surface area (Å²) in [6, 6.07) is 0. The number of allylic oxidation sites excluding steroid dienone is 2. The lowest BCUT2D eigenvalue weighted by Gasteiger charge is -2.09. The van der Waals surface area contributed by atoms with Crippen LogP contribution in [0.25, 0.3) is 0 Å². The minimum Gasteiger partial charge on any atom is -0.462 e. The Morgan fingerprint density at radius 3 is 2.53 bits per heavy atom. The van der Waals surface area contributed by atoms with Gasteiger partial charge in [-0.1, -0.05) is 33.7 Å². The van der Waals surface area contributed by atoms with E-state index >= 15 is 0 Å². The van der Waals surface area contributed by atoms with Crippen LogP contribution >= 0.6 is 15.9 Å². The van der Waals surface area contributed by atoms with E-state index in [9.17, 15) is 4.79 Å². The Labute approximate surface area is 101 Å². The lowest BCUT2D eigenvalue weighted by Crippen LogP contribution is -2.00. The number of rotatable bonds is 6. The predicted octanol–water partition coefficient (Wildman–Crippen LogP) is 3.62. The highest BCUT2D eigenvalue weighted by Crippen LogP contribution is 2.18. The van der Waals surface area contributed by atoms with Crippen LogP contribution in [0.15, 0.2) is 23.8 Å². The summed E-state index contributed by atoms with van der Waals surface area (Å²) in [5.74, 6) is -0.237. The van der Waals surface area contributed by atoms with Crippen molar-refractivity contribution in [3.05, 3.63) is 23.8 Å². The van der Waals surface area contributed by atoms with Crippen molar-refractivity contribution in [1.29, 1.82) is 0 Å². The Morgan fingerprint density at radius 1 is 1.47 bits per heavy atom. The molecule has 15 heavy (non-hydrogen) atoms. The van der Waals surface area contributed by atoms with Gasteiger partial charge in [0.05, 0.1) is 0 Å². The monoisotopic (exact) mass is 274 g/mol. The molecule has 0 saturated heterocycles. The topological polar surface area (TPSA) is 26.3 Å². The van der Waals surface area contributed by atoms with Gasteiger partial charge in [-0.25, -0.2) is 0 Å². The maximum atomic E-state index is 10.5. The zero-order chi connectivity index (χ0) is 11.8. The van der Waals surface area contributed by atoms with Crippen LogP contribution in [0, 0.1) is 0 Å². The van der Waals surface area contributed by atoms with Gasteiger partial charge in [-0.2, -0.15) is 0 Å². The number of halogens is 1.